The average Bonchev–Trinajstić information content (AvgIpc) is 2.90. The Labute approximate surface area is 120 Å². The Kier molecular flexibility index (Phi) is 4.99. The van der Waals surface area contributed by atoms with Gasteiger partial charge in [-0.25, -0.2) is 0 Å². The van der Waals surface area contributed by atoms with Crippen molar-refractivity contribution in [2.45, 2.75) is 50.9 Å². The molecule has 0 heterocycles. The van der Waals surface area contributed by atoms with Crippen LogP contribution in [0, 0.1) is 11.3 Å². The fourth-order valence-electron chi connectivity index (χ4n) is 2.63. The van der Waals surface area contributed by atoms with Crippen LogP contribution in [0.2, 0.25) is 0 Å². The Morgan fingerprint density at radius 3 is 2.80 bits per heavy atom. The molecule has 2 atom stereocenters. The number of hydrogen-bond donors (Lipinski definition) is 2. The molecule has 4 nitrogen and oxygen atoms in total. The fraction of sp³-hybridized carbons (Fsp3) is 0.562. The van der Waals surface area contributed by atoms with Gasteiger partial charge in [0.2, 0.25) is 0 Å². The lowest BCUT2D eigenvalue weighted by molar-refractivity contribution is 0.200. The predicted molar refractivity (Wildman–Crippen MR) is 77.3 cm³/mol. The van der Waals surface area contributed by atoms with E-state index >= 15 is 0 Å². The van der Waals surface area contributed by atoms with Gasteiger partial charge in [-0.2, -0.15) is 5.26 Å². The average molecular weight is 274 g/mol. The molecule has 1 aliphatic carbocycles. The van der Waals surface area contributed by atoms with Crippen LogP contribution in [-0.2, 0) is 6.61 Å². The SMILES string of the molecule is CCCNC1(C#N)CCC(Oc2ccc(CO)cc2)C1. The Balaban J connectivity index is 1.93. The molecular formula is C16H22N2O2. The topological polar surface area (TPSA) is 65.3 Å². The molecule has 1 saturated carbocycles. The zero-order valence-electron chi connectivity index (χ0n) is 11.9. The van der Waals surface area contributed by atoms with Gasteiger partial charge in [-0.3, -0.25) is 5.32 Å². The van der Waals surface area contributed by atoms with Crippen LogP contribution >= 0.6 is 0 Å². The first kappa shape index (κ1) is 14.8. The van der Waals surface area contributed by atoms with Crippen LogP contribution in [0.1, 0.15) is 38.2 Å². The quantitative estimate of drug-likeness (QED) is 0.836. The Morgan fingerprint density at radius 1 is 1.45 bits per heavy atom. The highest BCUT2D eigenvalue weighted by molar-refractivity contribution is 5.27. The van der Waals surface area contributed by atoms with E-state index in [-0.39, 0.29) is 12.7 Å². The lowest BCUT2D eigenvalue weighted by Gasteiger charge is -2.22. The molecule has 108 valence electrons. The number of nitrogens with one attached hydrogen (secondary N) is 1. The van der Waals surface area contributed by atoms with Gasteiger partial charge in [0.1, 0.15) is 17.4 Å². The maximum Gasteiger partial charge on any atom is 0.119 e. The normalized spacial score (nSPS) is 25.4. The van der Waals surface area contributed by atoms with E-state index in [4.69, 9.17) is 9.84 Å². The van der Waals surface area contributed by atoms with E-state index in [1.54, 1.807) is 0 Å². The number of nitriles is 1. The monoisotopic (exact) mass is 274 g/mol. The molecule has 1 aromatic carbocycles. The zero-order chi connectivity index (χ0) is 14.4. The number of ether oxygens (including phenoxy) is 1. The third-order valence-corrected chi connectivity index (χ3v) is 3.81. The molecule has 1 fully saturated rings. The molecule has 1 aromatic rings. The van der Waals surface area contributed by atoms with Gasteiger partial charge < -0.3 is 9.84 Å². The van der Waals surface area contributed by atoms with Gasteiger partial charge in [-0.15, -0.1) is 0 Å². The summed E-state index contributed by atoms with van der Waals surface area (Å²) in [6.45, 7) is 3.01. The van der Waals surface area contributed by atoms with E-state index in [0.29, 0.717) is 0 Å². The summed E-state index contributed by atoms with van der Waals surface area (Å²) in [5.41, 5.74) is 0.450. The summed E-state index contributed by atoms with van der Waals surface area (Å²) in [7, 11) is 0. The lowest BCUT2D eigenvalue weighted by Crippen LogP contribution is -2.42. The van der Waals surface area contributed by atoms with Crippen LogP contribution in [0.5, 0.6) is 5.75 Å². The molecule has 0 radical (unpaired) electrons. The molecule has 0 saturated heterocycles. The molecule has 2 unspecified atom stereocenters. The highest BCUT2D eigenvalue weighted by atomic mass is 16.5. The standard InChI is InChI=1S/C16H22N2O2/c1-2-9-18-16(12-17)8-7-15(10-16)20-14-5-3-13(11-19)4-6-14/h3-6,15,18-19H,2,7-11H2,1H3. The molecule has 0 amide bonds. The van der Waals surface area contributed by atoms with Gasteiger partial charge in [-0.1, -0.05) is 19.1 Å². The van der Waals surface area contributed by atoms with Crippen LogP contribution < -0.4 is 10.1 Å². The zero-order valence-corrected chi connectivity index (χ0v) is 11.9. The van der Waals surface area contributed by atoms with E-state index in [9.17, 15) is 5.26 Å². The van der Waals surface area contributed by atoms with E-state index in [1.165, 1.54) is 0 Å². The third-order valence-electron chi connectivity index (χ3n) is 3.81. The summed E-state index contributed by atoms with van der Waals surface area (Å²) in [5.74, 6) is 0.802. The number of nitrogens with zero attached hydrogens (tertiary/aromatic N) is 1. The number of benzene rings is 1. The highest BCUT2D eigenvalue weighted by Crippen LogP contribution is 2.32. The van der Waals surface area contributed by atoms with Gasteiger partial charge in [-0.05, 0) is 43.5 Å². The van der Waals surface area contributed by atoms with E-state index in [1.807, 2.05) is 24.3 Å². The van der Waals surface area contributed by atoms with Crippen molar-refractivity contribution in [3.05, 3.63) is 29.8 Å². The second-order valence-electron chi connectivity index (χ2n) is 5.41. The molecule has 2 N–H and O–H groups in total. The summed E-state index contributed by atoms with van der Waals surface area (Å²) < 4.78 is 5.94. The third kappa shape index (κ3) is 3.50. The minimum absolute atomic E-state index is 0.0438. The van der Waals surface area contributed by atoms with Crippen LogP contribution in [0.3, 0.4) is 0 Å². The van der Waals surface area contributed by atoms with Crippen molar-refractivity contribution in [2.75, 3.05) is 6.54 Å². The largest absolute Gasteiger partial charge is 0.490 e. The molecule has 0 aliphatic heterocycles. The number of hydrogen-bond acceptors (Lipinski definition) is 4. The van der Waals surface area contributed by atoms with Gasteiger partial charge >= 0.3 is 0 Å². The van der Waals surface area contributed by atoms with E-state index in [0.717, 1.165) is 43.5 Å². The molecule has 20 heavy (non-hydrogen) atoms. The first-order valence-electron chi connectivity index (χ1n) is 7.24. The van der Waals surface area contributed by atoms with Gasteiger partial charge in [0, 0.05) is 6.42 Å². The van der Waals surface area contributed by atoms with Crippen molar-refractivity contribution in [1.82, 2.24) is 5.32 Å². The second-order valence-corrected chi connectivity index (χ2v) is 5.41. The highest BCUT2D eigenvalue weighted by Gasteiger charge is 2.40. The van der Waals surface area contributed by atoms with Crippen LogP contribution in [0.15, 0.2) is 24.3 Å². The minimum atomic E-state index is -0.425. The lowest BCUT2D eigenvalue weighted by atomic mass is 9.99. The second kappa shape index (κ2) is 6.74. The van der Waals surface area contributed by atoms with Crippen LogP contribution in [0.25, 0.3) is 0 Å². The Hall–Kier alpha value is -1.57. The van der Waals surface area contributed by atoms with E-state index in [2.05, 4.69) is 18.3 Å². The Bertz CT molecular complexity index is 466. The first-order valence-corrected chi connectivity index (χ1v) is 7.24. The van der Waals surface area contributed by atoms with Crippen molar-refractivity contribution in [2.24, 2.45) is 0 Å². The van der Waals surface area contributed by atoms with Gasteiger partial charge in [0.05, 0.1) is 12.7 Å². The van der Waals surface area contributed by atoms with E-state index < -0.39 is 5.54 Å². The number of aliphatic hydroxyl groups excluding tert-OH is 1. The van der Waals surface area contributed by atoms with Crippen LogP contribution in [0.4, 0.5) is 0 Å². The molecule has 4 heteroatoms. The minimum Gasteiger partial charge on any atom is -0.490 e. The molecule has 0 spiro atoms. The molecular weight excluding hydrogens is 252 g/mol. The fourth-order valence-corrected chi connectivity index (χ4v) is 2.63. The van der Waals surface area contributed by atoms with Crippen molar-refractivity contribution in [3.63, 3.8) is 0 Å². The molecule has 2 rings (SSSR count). The summed E-state index contributed by atoms with van der Waals surface area (Å²) >= 11 is 0. The summed E-state index contributed by atoms with van der Waals surface area (Å²) in [4.78, 5) is 0. The molecule has 1 aliphatic rings. The smallest absolute Gasteiger partial charge is 0.119 e. The summed E-state index contributed by atoms with van der Waals surface area (Å²) in [6.07, 6.45) is 3.57. The van der Waals surface area contributed by atoms with Gasteiger partial charge in [0.25, 0.3) is 0 Å². The maximum atomic E-state index is 9.40. The number of aliphatic hydroxyl groups is 1. The predicted octanol–water partition coefficient (Wildman–Crippen LogP) is 2.37. The van der Waals surface area contributed by atoms with Crippen molar-refractivity contribution in [3.8, 4) is 11.8 Å². The Morgan fingerprint density at radius 2 is 2.20 bits per heavy atom. The van der Waals surface area contributed by atoms with Gasteiger partial charge in [0.15, 0.2) is 0 Å². The maximum absolute atomic E-state index is 9.40. The molecule has 0 bridgehead atoms. The first-order chi connectivity index (χ1) is 9.71. The van der Waals surface area contributed by atoms with Crippen molar-refractivity contribution < 1.29 is 9.84 Å². The van der Waals surface area contributed by atoms with Crippen LogP contribution in [-0.4, -0.2) is 23.3 Å². The van der Waals surface area contributed by atoms with Crippen molar-refractivity contribution >= 4 is 0 Å². The number of rotatable bonds is 6. The van der Waals surface area contributed by atoms with Crippen molar-refractivity contribution in [1.29, 1.82) is 5.26 Å². The summed E-state index contributed by atoms with van der Waals surface area (Å²) in [6, 6.07) is 9.88. The molecule has 0 aromatic heterocycles. The summed E-state index contributed by atoms with van der Waals surface area (Å²) in [5, 5.41) is 21.8.